The first kappa shape index (κ1) is 15.9. The molecule has 124 valence electrons. The van der Waals surface area contributed by atoms with Crippen LogP contribution in [0.3, 0.4) is 0 Å². The first-order chi connectivity index (χ1) is 11.5. The third-order valence-corrected chi connectivity index (χ3v) is 4.18. The monoisotopic (exact) mass is 327 g/mol. The summed E-state index contributed by atoms with van der Waals surface area (Å²) in [5.74, 6) is -0.431. The number of nitrogens with zero attached hydrogens (tertiary/aromatic N) is 2. The quantitative estimate of drug-likeness (QED) is 0.677. The fraction of sp³-hybridized carbons (Fsp3) is 0.294. The molecule has 1 aliphatic rings. The molecule has 1 aromatic carbocycles. The number of anilines is 1. The summed E-state index contributed by atoms with van der Waals surface area (Å²) in [7, 11) is 0. The van der Waals surface area contributed by atoms with Crippen LogP contribution >= 0.6 is 0 Å². The highest BCUT2D eigenvalue weighted by molar-refractivity contribution is 6.06. The number of nitro benzene ring substituents is 1. The second kappa shape index (κ2) is 6.27. The van der Waals surface area contributed by atoms with E-state index in [4.69, 9.17) is 0 Å². The summed E-state index contributed by atoms with van der Waals surface area (Å²) in [4.78, 5) is 39.9. The van der Waals surface area contributed by atoms with Crippen molar-refractivity contribution in [1.29, 1.82) is 0 Å². The molecule has 2 aromatic rings. The minimum atomic E-state index is -0.480. The van der Waals surface area contributed by atoms with E-state index in [9.17, 15) is 19.7 Å². The van der Waals surface area contributed by atoms with Crippen LogP contribution in [0, 0.1) is 17.0 Å². The summed E-state index contributed by atoms with van der Waals surface area (Å²) < 4.78 is 0. The van der Waals surface area contributed by atoms with Gasteiger partial charge >= 0.3 is 0 Å². The molecule has 0 spiro atoms. The number of amides is 1. The number of nitro groups is 1. The summed E-state index contributed by atoms with van der Waals surface area (Å²) >= 11 is 0. The number of carbonyl (C=O) groups is 1. The number of carbonyl (C=O) groups excluding carboxylic acids is 1. The van der Waals surface area contributed by atoms with Crippen molar-refractivity contribution in [2.24, 2.45) is 0 Å². The van der Waals surface area contributed by atoms with Crippen molar-refractivity contribution in [1.82, 2.24) is 4.98 Å². The van der Waals surface area contributed by atoms with Crippen LogP contribution in [0.5, 0.6) is 0 Å². The molecule has 0 bridgehead atoms. The summed E-state index contributed by atoms with van der Waals surface area (Å²) in [6, 6.07) is 5.93. The standard InChI is InChI=1S/C17H17N3O4/c1-11-8-16(21)14(10-18-11)17(22)19-7-3-2-4-12-5-6-13(20(23)24)9-15(12)19/h5-6,8-10H,2-4,7H2,1H3,(H,18,21). The number of aryl methyl sites for hydroxylation is 2. The number of aromatic amines is 1. The Morgan fingerprint density at radius 3 is 2.79 bits per heavy atom. The maximum atomic E-state index is 12.9. The maximum absolute atomic E-state index is 12.9. The van der Waals surface area contributed by atoms with Crippen LogP contribution < -0.4 is 10.3 Å². The zero-order chi connectivity index (χ0) is 17.3. The van der Waals surface area contributed by atoms with E-state index in [0.29, 0.717) is 17.9 Å². The van der Waals surface area contributed by atoms with Gasteiger partial charge in [-0.15, -0.1) is 0 Å². The van der Waals surface area contributed by atoms with Crippen molar-refractivity contribution in [2.75, 3.05) is 11.4 Å². The number of pyridine rings is 1. The van der Waals surface area contributed by atoms with Crippen LogP contribution in [0.25, 0.3) is 0 Å². The van der Waals surface area contributed by atoms with E-state index in [1.165, 1.54) is 29.3 Å². The third kappa shape index (κ3) is 2.92. The molecule has 0 unspecified atom stereocenters. The lowest BCUT2D eigenvalue weighted by atomic mass is 10.1. The zero-order valence-electron chi connectivity index (χ0n) is 13.2. The molecule has 7 nitrogen and oxygen atoms in total. The van der Waals surface area contributed by atoms with Crippen molar-refractivity contribution in [2.45, 2.75) is 26.2 Å². The Morgan fingerprint density at radius 1 is 1.29 bits per heavy atom. The van der Waals surface area contributed by atoms with Crippen LogP contribution in [-0.2, 0) is 6.42 Å². The van der Waals surface area contributed by atoms with Crippen molar-refractivity contribution in [3.05, 3.63) is 67.6 Å². The van der Waals surface area contributed by atoms with E-state index in [-0.39, 0.29) is 16.7 Å². The minimum absolute atomic E-state index is 0.0416. The minimum Gasteiger partial charge on any atom is -0.364 e. The lowest BCUT2D eigenvalue weighted by Crippen LogP contribution is -2.35. The van der Waals surface area contributed by atoms with Crippen molar-refractivity contribution in [3.63, 3.8) is 0 Å². The van der Waals surface area contributed by atoms with Crippen molar-refractivity contribution < 1.29 is 9.72 Å². The summed E-state index contributed by atoms with van der Waals surface area (Å²) in [5.41, 5.74) is 1.70. The number of aromatic nitrogens is 1. The van der Waals surface area contributed by atoms with Gasteiger partial charge in [-0.1, -0.05) is 6.07 Å². The molecular weight excluding hydrogens is 310 g/mol. The molecule has 0 saturated carbocycles. The van der Waals surface area contributed by atoms with Crippen LogP contribution in [0.1, 0.15) is 34.5 Å². The summed E-state index contributed by atoms with van der Waals surface area (Å²) in [6.45, 7) is 2.17. The van der Waals surface area contributed by atoms with E-state index in [0.717, 1.165) is 24.8 Å². The Morgan fingerprint density at radius 2 is 2.08 bits per heavy atom. The van der Waals surface area contributed by atoms with Gasteiger partial charge in [0, 0.05) is 36.6 Å². The van der Waals surface area contributed by atoms with Gasteiger partial charge in [-0.25, -0.2) is 0 Å². The Hall–Kier alpha value is -2.96. The van der Waals surface area contributed by atoms with E-state index >= 15 is 0 Å². The number of H-pyrrole nitrogens is 1. The second-order valence-electron chi connectivity index (χ2n) is 5.88. The van der Waals surface area contributed by atoms with Gasteiger partial charge in [-0.3, -0.25) is 19.7 Å². The zero-order valence-corrected chi connectivity index (χ0v) is 13.2. The Balaban J connectivity index is 2.08. The van der Waals surface area contributed by atoms with Gasteiger partial charge < -0.3 is 9.88 Å². The van der Waals surface area contributed by atoms with Crippen LogP contribution in [0.4, 0.5) is 11.4 Å². The molecule has 3 rings (SSSR count). The molecule has 0 atom stereocenters. The molecule has 0 aliphatic carbocycles. The molecular formula is C17H17N3O4. The Kier molecular flexibility index (Phi) is 4.16. The number of rotatable bonds is 2. The van der Waals surface area contributed by atoms with E-state index < -0.39 is 10.8 Å². The highest BCUT2D eigenvalue weighted by atomic mass is 16.6. The fourth-order valence-electron chi connectivity index (χ4n) is 2.93. The average molecular weight is 327 g/mol. The van der Waals surface area contributed by atoms with E-state index in [1.54, 1.807) is 13.0 Å². The molecule has 0 fully saturated rings. The van der Waals surface area contributed by atoms with Gasteiger partial charge in [0.2, 0.25) is 0 Å². The summed E-state index contributed by atoms with van der Waals surface area (Å²) in [6.07, 6.45) is 3.82. The normalized spacial score (nSPS) is 14.0. The molecule has 2 heterocycles. The number of benzene rings is 1. The van der Waals surface area contributed by atoms with E-state index in [1.807, 2.05) is 0 Å². The van der Waals surface area contributed by atoms with Gasteiger partial charge in [0.15, 0.2) is 5.43 Å². The first-order valence-corrected chi connectivity index (χ1v) is 7.76. The predicted octanol–water partition coefficient (Wildman–Crippen LogP) is 2.57. The molecule has 7 heteroatoms. The molecule has 0 saturated heterocycles. The topological polar surface area (TPSA) is 96.3 Å². The van der Waals surface area contributed by atoms with Crippen LogP contribution in [-0.4, -0.2) is 22.4 Å². The van der Waals surface area contributed by atoms with Crippen LogP contribution in [0.2, 0.25) is 0 Å². The summed E-state index contributed by atoms with van der Waals surface area (Å²) in [5, 5.41) is 11.1. The number of hydrogen-bond acceptors (Lipinski definition) is 4. The molecule has 24 heavy (non-hydrogen) atoms. The SMILES string of the molecule is Cc1cc(=O)c(C(=O)N2CCCCc3ccc([N+](=O)[O-])cc32)c[nH]1. The van der Waals surface area contributed by atoms with Gasteiger partial charge in [-0.2, -0.15) is 0 Å². The Bertz CT molecular complexity index is 872. The average Bonchev–Trinajstić information content (AvgIpc) is 2.75. The lowest BCUT2D eigenvalue weighted by Gasteiger charge is -2.22. The first-order valence-electron chi connectivity index (χ1n) is 7.76. The van der Waals surface area contributed by atoms with Gasteiger partial charge in [0.1, 0.15) is 5.56 Å². The van der Waals surface area contributed by atoms with Gasteiger partial charge in [-0.05, 0) is 31.7 Å². The smallest absolute Gasteiger partial charge is 0.271 e. The largest absolute Gasteiger partial charge is 0.364 e. The molecule has 1 N–H and O–H groups in total. The number of fused-ring (bicyclic) bond motifs is 1. The van der Waals surface area contributed by atoms with Crippen molar-refractivity contribution >= 4 is 17.3 Å². The predicted molar refractivity (Wildman–Crippen MR) is 89.5 cm³/mol. The number of nitrogens with one attached hydrogen (secondary N) is 1. The fourth-order valence-corrected chi connectivity index (χ4v) is 2.93. The van der Waals surface area contributed by atoms with Crippen LogP contribution in [0.15, 0.2) is 35.3 Å². The van der Waals surface area contributed by atoms with E-state index in [2.05, 4.69) is 4.98 Å². The highest BCUT2D eigenvalue weighted by Gasteiger charge is 2.26. The number of hydrogen-bond donors (Lipinski definition) is 1. The highest BCUT2D eigenvalue weighted by Crippen LogP contribution is 2.31. The molecule has 1 aliphatic heterocycles. The van der Waals surface area contributed by atoms with Gasteiger partial charge in [0.25, 0.3) is 11.6 Å². The molecule has 0 radical (unpaired) electrons. The third-order valence-electron chi connectivity index (χ3n) is 4.18. The lowest BCUT2D eigenvalue weighted by molar-refractivity contribution is -0.384. The maximum Gasteiger partial charge on any atom is 0.271 e. The van der Waals surface area contributed by atoms with Crippen molar-refractivity contribution in [3.8, 4) is 0 Å². The Labute approximate surface area is 138 Å². The number of non-ortho nitro benzene ring substituents is 1. The van der Waals surface area contributed by atoms with Gasteiger partial charge in [0.05, 0.1) is 10.6 Å². The second-order valence-corrected chi connectivity index (χ2v) is 5.88. The molecule has 1 amide bonds. The molecule has 1 aromatic heterocycles.